The smallest absolute Gasteiger partial charge is 0.480 e. The molecule has 0 heterocycles. The lowest BCUT2D eigenvalue weighted by atomic mass is 9.86. The van der Waals surface area contributed by atoms with Crippen LogP contribution in [0.4, 0.5) is 9.59 Å². The van der Waals surface area contributed by atoms with Crippen LogP contribution in [-0.4, -0.2) is 53.2 Å². The number of nitrogens with two attached hydrogens (primary N) is 1. The van der Waals surface area contributed by atoms with Crippen LogP contribution in [0.1, 0.15) is 105 Å². The highest BCUT2D eigenvalue weighted by Crippen LogP contribution is 2.32. The third-order valence-electron chi connectivity index (χ3n) is 6.29. The Morgan fingerprint density at radius 2 is 1.37 bits per heavy atom. The van der Waals surface area contributed by atoms with Gasteiger partial charge in [0.25, 0.3) is 0 Å². The van der Waals surface area contributed by atoms with Crippen LogP contribution in [0, 0.1) is 0 Å². The first-order chi connectivity index (χ1) is 19.3. The van der Waals surface area contributed by atoms with Gasteiger partial charge in [-0.1, -0.05) is 52.5 Å². The van der Waals surface area contributed by atoms with Crippen LogP contribution in [0.15, 0.2) is 18.2 Å². The van der Waals surface area contributed by atoms with Gasteiger partial charge < -0.3 is 34.5 Å². The number of rotatable bonds is 18. The molecule has 4 atom stereocenters. The number of unbranched alkanes of at least 4 members (excludes halogenated alkanes) is 2. The molecule has 41 heavy (non-hydrogen) atoms. The van der Waals surface area contributed by atoms with Gasteiger partial charge in [0, 0.05) is 19.3 Å². The largest absolute Gasteiger partial charge is 0.514 e. The number of hydrogen-bond acceptors (Lipinski definition) is 10. The maximum absolute atomic E-state index is 12.5. The van der Waals surface area contributed by atoms with Crippen molar-refractivity contribution in [3.05, 3.63) is 23.8 Å². The van der Waals surface area contributed by atoms with Crippen LogP contribution in [0.25, 0.3) is 0 Å². The molecular weight excluding hydrogens is 534 g/mol. The van der Waals surface area contributed by atoms with Crippen molar-refractivity contribution in [3.8, 4) is 11.5 Å². The Kier molecular flexibility index (Phi) is 15.8. The van der Waals surface area contributed by atoms with E-state index in [4.69, 9.17) is 29.4 Å². The first-order valence-corrected chi connectivity index (χ1v) is 14.4. The number of hydrogen-bond donors (Lipinski definition) is 2. The Hall–Kier alpha value is -3.34. The fourth-order valence-corrected chi connectivity index (χ4v) is 4.27. The van der Waals surface area contributed by atoms with Crippen LogP contribution in [0.2, 0.25) is 0 Å². The molecule has 0 spiro atoms. The van der Waals surface area contributed by atoms with Crippen molar-refractivity contribution in [1.29, 1.82) is 0 Å². The van der Waals surface area contributed by atoms with E-state index in [1.165, 1.54) is 18.2 Å². The number of carboxylic acid groups (broad SMARTS) is 1. The molecule has 0 bridgehead atoms. The van der Waals surface area contributed by atoms with Crippen molar-refractivity contribution in [2.24, 2.45) is 5.73 Å². The standard InChI is InChI=1S/C30H47NO10/c1-7-10-11-14-26(32)37-22(6)18-30(31,27(33)34)19-23-15-16-24(40-28(35)38-20(4)12-8-2)25(17-23)41-29(36)39-21(5)13-9-3/h15-17,20-22H,7-14,18-19,31H2,1-6H3,(H,33,34)/t20?,21?,22-,30?/m0/s1. The summed E-state index contributed by atoms with van der Waals surface area (Å²) in [6.07, 6.45) is 1.75. The molecule has 3 N–H and O–H groups in total. The van der Waals surface area contributed by atoms with E-state index in [-0.39, 0.29) is 36.9 Å². The second kappa shape index (κ2) is 18.2. The van der Waals surface area contributed by atoms with Gasteiger partial charge in [-0.2, -0.15) is 0 Å². The molecule has 0 aliphatic rings. The molecule has 0 aromatic heterocycles. The monoisotopic (exact) mass is 581 g/mol. The number of carbonyl (C=O) groups is 4. The Balaban J connectivity index is 3.15. The van der Waals surface area contributed by atoms with E-state index in [2.05, 4.69) is 0 Å². The van der Waals surface area contributed by atoms with Crippen molar-refractivity contribution in [2.75, 3.05) is 0 Å². The number of aliphatic carboxylic acids is 1. The number of carbonyl (C=O) groups excluding carboxylic acids is 3. The zero-order chi connectivity index (χ0) is 31.0. The lowest BCUT2D eigenvalue weighted by Crippen LogP contribution is -2.52. The molecule has 0 aliphatic heterocycles. The Morgan fingerprint density at radius 1 is 0.805 bits per heavy atom. The fraction of sp³-hybridized carbons (Fsp3) is 0.667. The summed E-state index contributed by atoms with van der Waals surface area (Å²) in [6, 6.07) is 4.22. The molecule has 0 radical (unpaired) electrons. The maximum atomic E-state index is 12.5. The highest BCUT2D eigenvalue weighted by Gasteiger charge is 2.37. The first-order valence-electron chi connectivity index (χ1n) is 14.4. The summed E-state index contributed by atoms with van der Waals surface area (Å²) in [5.74, 6) is -1.99. The Morgan fingerprint density at radius 3 is 1.88 bits per heavy atom. The van der Waals surface area contributed by atoms with Crippen LogP contribution >= 0.6 is 0 Å². The van der Waals surface area contributed by atoms with E-state index in [1.807, 2.05) is 20.8 Å². The first kappa shape index (κ1) is 35.7. The van der Waals surface area contributed by atoms with Gasteiger partial charge in [-0.25, -0.2) is 9.59 Å². The highest BCUT2D eigenvalue weighted by atomic mass is 16.7. The number of esters is 1. The SMILES string of the molecule is CCCCCC(=O)O[C@@H](C)CC(N)(Cc1ccc(OC(=O)OC(C)CCC)c(OC(=O)OC(C)CCC)c1)C(=O)O. The minimum absolute atomic E-state index is 0.116. The van der Waals surface area contributed by atoms with Gasteiger partial charge in [0.2, 0.25) is 0 Å². The van der Waals surface area contributed by atoms with Crippen LogP contribution in [0.5, 0.6) is 11.5 Å². The van der Waals surface area contributed by atoms with Gasteiger partial charge in [-0.3, -0.25) is 9.59 Å². The van der Waals surface area contributed by atoms with Crippen molar-refractivity contribution >= 4 is 24.2 Å². The molecule has 0 fully saturated rings. The number of ether oxygens (including phenoxy) is 5. The molecule has 11 heteroatoms. The van der Waals surface area contributed by atoms with Crippen LogP contribution < -0.4 is 15.2 Å². The second-order valence-electron chi connectivity index (χ2n) is 10.5. The van der Waals surface area contributed by atoms with Crippen molar-refractivity contribution < 1.29 is 48.0 Å². The summed E-state index contributed by atoms with van der Waals surface area (Å²) in [5, 5.41) is 9.96. The van der Waals surface area contributed by atoms with Gasteiger partial charge in [-0.05, 0) is 57.7 Å². The van der Waals surface area contributed by atoms with Gasteiger partial charge >= 0.3 is 24.2 Å². The third kappa shape index (κ3) is 13.7. The lowest BCUT2D eigenvalue weighted by molar-refractivity contribution is -0.153. The van der Waals surface area contributed by atoms with E-state index in [9.17, 15) is 24.3 Å². The summed E-state index contributed by atoms with van der Waals surface area (Å²) < 4.78 is 26.5. The molecule has 1 rings (SSSR count). The summed E-state index contributed by atoms with van der Waals surface area (Å²) in [7, 11) is 0. The second-order valence-corrected chi connectivity index (χ2v) is 10.5. The van der Waals surface area contributed by atoms with E-state index in [1.54, 1.807) is 20.8 Å². The van der Waals surface area contributed by atoms with E-state index >= 15 is 0 Å². The summed E-state index contributed by atoms with van der Waals surface area (Å²) >= 11 is 0. The average molecular weight is 582 g/mol. The molecule has 1 aromatic carbocycles. The van der Waals surface area contributed by atoms with E-state index in [0.29, 0.717) is 24.8 Å². The Labute approximate surface area is 243 Å². The fourth-order valence-electron chi connectivity index (χ4n) is 4.27. The molecule has 0 saturated carbocycles. The van der Waals surface area contributed by atoms with Gasteiger partial charge in [-0.15, -0.1) is 0 Å². The third-order valence-corrected chi connectivity index (χ3v) is 6.29. The van der Waals surface area contributed by atoms with Crippen LogP contribution in [-0.2, 0) is 30.2 Å². The predicted molar refractivity (Wildman–Crippen MR) is 152 cm³/mol. The molecule has 11 nitrogen and oxygen atoms in total. The lowest BCUT2D eigenvalue weighted by Gasteiger charge is -2.28. The zero-order valence-electron chi connectivity index (χ0n) is 25.2. The summed E-state index contributed by atoms with van der Waals surface area (Å²) in [5.41, 5.74) is 4.86. The van der Waals surface area contributed by atoms with Crippen molar-refractivity contribution in [2.45, 2.75) is 130 Å². The minimum atomic E-state index is -1.81. The molecular formula is C30H47NO10. The van der Waals surface area contributed by atoms with Gasteiger partial charge in [0.1, 0.15) is 23.9 Å². The summed E-state index contributed by atoms with van der Waals surface area (Å²) in [6.45, 7) is 11.0. The van der Waals surface area contributed by atoms with E-state index in [0.717, 1.165) is 25.7 Å². The predicted octanol–water partition coefficient (Wildman–Crippen LogP) is 6.32. The normalized spacial score (nSPS) is 14.6. The van der Waals surface area contributed by atoms with E-state index < -0.39 is 42.0 Å². The molecule has 232 valence electrons. The topological polar surface area (TPSA) is 161 Å². The van der Waals surface area contributed by atoms with Crippen molar-refractivity contribution in [1.82, 2.24) is 0 Å². The molecule has 0 saturated heterocycles. The zero-order valence-corrected chi connectivity index (χ0v) is 25.2. The van der Waals surface area contributed by atoms with Gasteiger partial charge in [0.15, 0.2) is 11.5 Å². The highest BCUT2D eigenvalue weighted by molar-refractivity contribution is 5.79. The number of carboxylic acids is 1. The summed E-state index contributed by atoms with van der Waals surface area (Å²) in [4.78, 5) is 49.1. The Bertz CT molecular complexity index is 997. The number of benzene rings is 1. The van der Waals surface area contributed by atoms with Crippen molar-refractivity contribution in [3.63, 3.8) is 0 Å². The minimum Gasteiger partial charge on any atom is -0.480 e. The molecule has 3 unspecified atom stereocenters. The molecule has 0 aliphatic carbocycles. The van der Waals surface area contributed by atoms with Gasteiger partial charge in [0.05, 0.1) is 0 Å². The van der Waals surface area contributed by atoms with Crippen LogP contribution in [0.3, 0.4) is 0 Å². The molecule has 0 amide bonds. The molecule has 1 aromatic rings. The quantitative estimate of drug-likeness (QED) is 0.0863. The average Bonchev–Trinajstić information content (AvgIpc) is 2.85. The maximum Gasteiger partial charge on any atom is 0.514 e.